The molecule has 2 aromatic heterocycles. The zero-order chi connectivity index (χ0) is 23.9. The Hall–Kier alpha value is -4.66. The van der Waals surface area contributed by atoms with Crippen LogP contribution in [0.3, 0.4) is 0 Å². The molecule has 0 spiro atoms. The van der Waals surface area contributed by atoms with Gasteiger partial charge >= 0.3 is 0 Å². The molecule has 0 saturated carbocycles. The molecule has 0 radical (unpaired) electrons. The molecule has 0 atom stereocenters. The zero-order valence-corrected chi connectivity index (χ0v) is 17.7. The summed E-state index contributed by atoms with van der Waals surface area (Å²) in [5.74, 6) is -0.696. The molecule has 33 heavy (non-hydrogen) atoms. The fraction of sp³-hybridized carbons (Fsp3) is 0.0833. The first kappa shape index (κ1) is 21.6. The number of carboxylic acid groups (broad SMARTS) is 1. The minimum absolute atomic E-state index is 0.0106. The highest BCUT2D eigenvalue weighted by molar-refractivity contribution is 5.85. The highest BCUT2D eigenvalue weighted by Crippen LogP contribution is 2.33. The first-order valence-corrected chi connectivity index (χ1v) is 9.85. The van der Waals surface area contributed by atoms with Crippen LogP contribution in [0.4, 0.5) is 5.69 Å². The lowest BCUT2D eigenvalue weighted by Gasteiger charge is -2.04. The SMILES string of the molecule is C=c1[nH]n(-c2ccc(C(=O)[O-])cc2)c(=O)c1=Cc1ccc(-c2cc(C)c(C)cc2[N+](=O)[O-])o1. The van der Waals surface area contributed by atoms with Gasteiger partial charge in [0.2, 0.25) is 0 Å². The number of aromatic carboxylic acids is 1. The van der Waals surface area contributed by atoms with E-state index < -0.39 is 16.5 Å². The number of nitrogens with one attached hydrogen (secondary N) is 1. The molecule has 0 aliphatic carbocycles. The number of furan rings is 1. The molecule has 0 amide bonds. The molecular weight excluding hydrogens is 426 g/mol. The first-order chi connectivity index (χ1) is 15.7. The summed E-state index contributed by atoms with van der Waals surface area (Å²) in [7, 11) is 0. The Morgan fingerprint density at radius 1 is 1.12 bits per heavy atom. The molecule has 4 rings (SSSR count). The van der Waals surface area contributed by atoms with Crippen LogP contribution in [0, 0.1) is 24.0 Å². The number of nitro groups is 1. The molecule has 9 heteroatoms. The molecule has 0 fully saturated rings. The van der Waals surface area contributed by atoms with Gasteiger partial charge in [-0.25, -0.2) is 4.68 Å². The van der Waals surface area contributed by atoms with Crippen LogP contribution in [0.15, 0.2) is 57.7 Å². The lowest BCUT2D eigenvalue weighted by atomic mass is 10.0. The summed E-state index contributed by atoms with van der Waals surface area (Å²) in [6.07, 6.45) is 1.49. The number of carbonyl (C=O) groups excluding carboxylic acids is 1. The Bertz CT molecular complexity index is 1570. The predicted octanol–water partition coefficient (Wildman–Crippen LogP) is 1.55. The van der Waals surface area contributed by atoms with Crippen LogP contribution >= 0.6 is 0 Å². The summed E-state index contributed by atoms with van der Waals surface area (Å²) in [5, 5.41) is 25.8. The number of hydrogen-bond donors (Lipinski definition) is 1. The molecule has 0 saturated heterocycles. The fourth-order valence-electron chi connectivity index (χ4n) is 3.44. The fourth-order valence-corrected chi connectivity index (χ4v) is 3.44. The molecule has 4 aromatic rings. The molecule has 2 heterocycles. The van der Waals surface area contributed by atoms with Gasteiger partial charge in [-0.15, -0.1) is 0 Å². The van der Waals surface area contributed by atoms with Crippen LogP contribution in [-0.4, -0.2) is 20.7 Å². The second-order valence-corrected chi connectivity index (χ2v) is 7.54. The van der Waals surface area contributed by atoms with E-state index in [1.165, 1.54) is 41.1 Å². The van der Waals surface area contributed by atoms with Crippen molar-refractivity contribution in [2.45, 2.75) is 13.8 Å². The molecule has 9 nitrogen and oxygen atoms in total. The van der Waals surface area contributed by atoms with E-state index in [-0.39, 0.29) is 16.5 Å². The van der Waals surface area contributed by atoms with E-state index in [9.17, 15) is 24.8 Å². The molecule has 1 N–H and O–H groups in total. The number of hydrogen-bond acceptors (Lipinski definition) is 6. The number of aromatic amines is 1. The second-order valence-electron chi connectivity index (χ2n) is 7.54. The van der Waals surface area contributed by atoms with Crippen molar-refractivity contribution in [3.05, 3.63) is 102 Å². The van der Waals surface area contributed by atoms with Gasteiger partial charge < -0.3 is 14.3 Å². The lowest BCUT2D eigenvalue weighted by Crippen LogP contribution is -2.33. The number of aromatic nitrogens is 2. The maximum absolute atomic E-state index is 12.9. The maximum atomic E-state index is 12.9. The van der Waals surface area contributed by atoms with Crippen molar-refractivity contribution >= 4 is 24.3 Å². The largest absolute Gasteiger partial charge is 0.545 e. The predicted molar refractivity (Wildman–Crippen MR) is 119 cm³/mol. The number of H-pyrrole nitrogens is 1. The summed E-state index contributed by atoms with van der Waals surface area (Å²) in [5.41, 5.74) is 1.94. The average Bonchev–Trinajstić information content (AvgIpc) is 3.35. The van der Waals surface area contributed by atoms with Crippen molar-refractivity contribution in [1.82, 2.24) is 9.78 Å². The van der Waals surface area contributed by atoms with E-state index in [2.05, 4.69) is 11.7 Å². The molecular formula is C24H18N3O6-. The van der Waals surface area contributed by atoms with Crippen LogP contribution in [0.1, 0.15) is 27.2 Å². The third-order valence-electron chi connectivity index (χ3n) is 5.35. The topological polar surface area (TPSA) is 134 Å². The molecule has 0 aliphatic heterocycles. The van der Waals surface area contributed by atoms with Gasteiger partial charge in [-0.3, -0.25) is 20.0 Å². The highest BCUT2D eigenvalue weighted by Gasteiger charge is 2.19. The second kappa shape index (κ2) is 8.12. The number of nitro benzene ring substituents is 1. The Morgan fingerprint density at radius 2 is 1.79 bits per heavy atom. The molecule has 0 bridgehead atoms. The van der Waals surface area contributed by atoms with Gasteiger partial charge in [0.05, 0.1) is 32.7 Å². The lowest BCUT2D eigenvalue weighted by molar-refractivity contribution is -0.384. The number of aryl methyl sites for hydroxylation is 2. The Morgan fingerprint density at radius 3 is 2.42 bits per heavy atom. The van der Waals surface area contributed by atoms with Gasteiger partial charge in [-0.05, 0) is 66.9 Å². The molecule has 0 aliphatic rings. The van der Waals surface area contributed by atoms with Crippen LogP contribution in [0.5, 0.6) is 0 Å². The standard InChI is InChI=1S/C24H19N3O6/c1-13-10-20(21(27(31)32)11-14(13)2)22-9-8-18(33-22)12-19-15(3)25-26(23(19)28)17-6-4-16(5-7-17)24(29)30/h4-12,25H,3H2,1-2H3,(H,29,30)/p-1. The minimum Gasteiger partial charge on any atom is -0.545 e. The van der Waals surface area contributed by atoms with Gasteiger partial charge in [-0.1, -0.05) is 18.7 Å². The summed E-state index contributed by atoms with van der Waals surface area (Å²) < 4.78 is 7.03. The summed E-state index contributed by atoms with van der Waals surface area (Å²) in [4.78, 5) is 34.9. The van der Waals surface area contributed by atoms with Gasteiger partial charge in [0.1, 0.15) is 11.5 Å². The molecule has 2 aromatic carbocycles. The first-order valence-electron chi connectivity index (χ1n) is 9.85. The number of carboxylic acids is 1. The van der Waals surface area contributed by atoms with Crippen molar-refractivity contribution in [3.8, 4) is 17.0 Å². The third-order valence-corrected chi connectivity index (χ3v) is 5.35. The summed E-state index contributed by atoms with van der Waals surface area (Å²) in [6, 6.07) is 12.0. The normalized spacial score (nSPS) is 11.6. The maximum Gasteiger partial charge on any atom is 0.280 e. The third kappa shape index (κ3) is 3.99. The van der Waals surface area contributed by atoms with Crippen LogP contribution in [0.25, 0.3) is 29.7 Å². The van der Waals surface area contributed by atoms with Crippen LogP contribution in [-0.2, 0) is 0 Å². The Balaban J connectivity index is 1.77. The molecule has 166 valence electrons. The smallest absolute Gasteiger partial charge is 0.280 e. The van der Waals surface area contributed by atoms with Crippen molar-refractivity contribution in [1.29, 1.82) is 0 Å². The van der Waals surface area contributed by atoms with E-state index in [1.807, 2.05) is 6.92 Å². The van der Waals surface area contributed by atoms with Crippen molar-refractivity contribution in [3.63, 3.8) is 0 Å². The Labute approximate surface area is 186 Å². The van der Waals surface area contributed by atoms with E-state index in [1.54, 1.807) is 25.1 Å². The highest BCUT2D eigenvalue weighted by atomic mass is 16.6. The van der Waals surface area contributed by atoms with E-state index in [0.29, 0.717) is 28.1 Å². The quantitative estimate of drug-likeness (QED) is 0.367. The summed E-state index contributed by atoms with van der Waals surface area (Å²) >= 11 is 0. The van der Waals surface area contributed by atoms with E-state index in [4.69, 9.17) is 4.42 Å². The van der Waals surface area contributed by atoms with Gasteiger partial charge in [0, 0.05) is 6.07 Å². The van der Waals surface area contributed by atoms with E-state index >= 15 is 0 Å². The van der Waals surface area contributed by atoms with Gasteiger partial charge in [0.15, 0.2) is 0 Å². The van der Waals surface area contributed by atoms with Crippen LogP contribution < -0.4 is 21.2 Å². The minimum atomic E-state index is -1.31. The number of nitrogens with zero attached hydrogens (tertiary/aromatic N) is 2. The number of benzene rings is 2. The van der Waals surface area contributed by atoms with E-state index in [0.717, 1.165) is 11.1 Å². The van der Waals surface area contributed by atoms with Crippen LogP contribution in [0.2, 0.25) is 0 Å². The number of carbonyl (C=O) groups is 1. The zero-order valence-electron chi connectivity index (χ0n) is 17.7. The average molecular weight is 444 g/mol. The van der Waals surface area contributed by atoms with Gasteiger partial charge in [0.25, 0.3) is 11.2 Å². The molecule has 0 unspecified atom stereocenters. The van der Waals surface area contributed by atoms with Gasteiger partial charge in [-0.2, -0.15) is 0 Å². The number of rotatable bonds is 5. The van der Waals surface area contributed by atoms with Crippen molar-refractivity contribution in [2.75, 3.05) is 0 Å². The van der Waals surface area contributed by atoms with Crippen molar-refractivity contribution < 1.29 is 19.2 Å². The monoisotopic (exact) mass is 444 g/mol. The summed E-state index contributed by atoms with van der Waals surface area (Å²) in [6.45, 7) is 7.50. The Kier molecular flexibility index (Phi) is 5.31. The van der Waals surface area contributed by atoms with Crippen molar-refractivity contribution in [2.24, 2.45) is 0 Å².